The fraction of sp³-hybridized carbons (Fsp3) is 0.273. The zero-order valence-corrected chi connectivity index (χ0v) is 15.4. The fourth-order valence-corrected chi connectivity index (χ4v) is 4.02. The van der Waals surface area contributed by atoms with Crippen molar-refractivity contribution in [2.45, 2.75) is 18.4 Å². The van der Waals surface area contributed by atoms with Crippen molar-refractivity contribution in [3.05, 3.63) is 71.3 Å². The Morgan fingerprint density at radius 3 is 2.68 bits per heavy atom. The van der Waals surface area contributed by atoms with Gasteiger partial charge < -0.3 is 24.7 Å². The van der Waals surface area contributed by atoms with E-state index in [2.05, 4.69) is 22.2 Å². The average Bonchev–Trinajstić information content (AvgIpc) is 3.21. The Kier molecular flexibility index (Phi) is 4.77. The van der Waals surface area contributed by atoms with Gasteiger partial charge in [0, 0.05) is 11.6 Å². The summed E-state index contributed by atoms with van der Waals surface area (Å²) in [7, 11) is 1.32. The fourth-order valence-electron chi connectivity index (χ4n) is 4.02. The van der Waals surface area contributed by atoms with Crippen LogP contribution in [0, 0.1) is 5.92 Å². The number of allylic oxidation sites excluding steroid dienone is 2. The number of carbonyl (C=O) groups excluding carboxylic acids is 2. The number of carboxylic acids is 1. The Labute approximate surface area is 162 Å². The number of hydrogen-bond donors (Lipinski definition) is 1. The highest BCUT2D eigenvalue weighted by molar-refractivity contribution is 5.87. The van der Waals surface area contributed by atoms with Crippen molar-refractivity contribution >= 4 is 17.6 Å². The van der Waals surface area contributed by atoms with Crippen LogP contribution in [0.4, 0.5) is 5.69 Å². The van der Waals surface area contributed by atoms with Gasteiger partial charge in [-0.15, -0.1) is 0 Å². The highest BCUT2D eigenvalue weighted by atomic mass is 16.6. The maximum atomic E-state index is 11.2. The van der Waals surface area contributed by atoms with Gasteiger partial charge >= 0.3 is 5.97 Å². The molecule has 2 aromatic rings. The molecule has 0 radical (unpaired) electrons. The largest absolute Gasteiger partial charge is 0.545 e. The molecule has 2 aromatic carbocycles. The molecular formula is C22H20NO5-. The molecule has 144 valence electrons. The van der Waals surface area contributed by atoms with Crippen molar-refractivity contribution in [1.82, 2.24) is 0 Å². The minimum atomic E-state index is -1.16. The summed E-state index contributed by atoms with van der Waals surface area (Å²) in [6.07, 6.45) is 5.22. The number of carbonyl (C=O) groups is 2. The maximum absolute atomic E-state index is 11.2. The predicted octanol–water partition coefficient (Wildman–Crippen LogP) is 2.43. The Hall–Kier alpha value is -3.28. The topological polar surface area (TPSA) is 87.7 Å². The Morgan fingerprint density at radius 1 is 1.18 bits per heavy atom. The maximum Gasteiger partial charge on any atom is 0.343 e. The van der Waals surface area contributed by atoms with Crippen LogP contribution in [0.1, 0.15) is 39.9 Å². The van der Waals surface area contributed by atoms with Crippen LogP contribution in [-0.4, -0.2) is 25.7 Å². The molecule has 1 aliphatic heterocycles. The number of carboxylic acid groups (broad SMARTS) is 1. The van der Waals surface area contributed by atoms with Gasteiger partial charge in [0.15, 0.2) is 6.61 Å². The molecule has 1 N–H and O–H groups in total. The number of methoxy groups -OCH3 is 1. The monoisotopic (exact) mass is 378 g/mol. The minimum absolute atomic E-state index is 0.0935. The molecule has 0 amide bonds. The quantitative estimate of drug-likeness (QED) is 0.635. The van der Waals surface area contributed by atoms with Crippen LogP contribution in [0.2, 0.25) is 0 Å². The SMILES string of the molecule is COC(=O)COc1ccc([C@H]2Nc3ccc(C(=O)[O-])cc3[C@H]3C=CC[C@@H]32)cc1. The molecule has 0 aromatic heterocycles. The van der Waals surface area contributed by atoms with E-state index in [0.29, 0.717) is 11.7 Å². The second kappa shape index (κ2) is 7.38. The molecule has 6 heteroatoms. The van der Waals surface area contributed by atoms with Gasteiger partial charge in [-0.05, 0) is 53.3 Å². The number of esters is 1. The standard InChI is InChI=1S/C22H21NO5/c1-27-20(24)12-28-15-8-5-13(6-9-15)21-17-4-2-3-16(17)18-11-14(22(25)26)7-10-19(18)23-21/h2-3,5-11,16-17,21,23H,4,12H2,1H3,(H,25,26)/p-1/t16-,17-,21+/m0/s1. The van der Waals surface area contributed by atoms with Crippen molar-refractivity contribution in [2.75, 3.05) is 19.0 Å². The molecule has 4 rings (SSSR count). The average molecular weight is 378 g/mol. The summed E-state index contributed by atoms with van der Waals surface area (Å²) < 4.78 is 9.98. The highest BCUT2D eigenvalue weighted by Gasteiger charge is 2.37. The molecule has 0 unspecified atom stereocenters. The summed E-state index contributed by atoms with van der Waals surface area (Å²) in [6.45, 7) is -0.125. The summed E-state index contributed by atoms with van der Waals surface area (Å²) in [6, 6.07) is 12.8. The lowest BCUT2D eigenvalue weighted by atomic mass is 9.76. The third kappa shape index (κ3) is 3.33. The molecule has 0 bridgehead atoms. The smallest absolute Gasteiger partial charge is 0.343 e. The van der Waals surface area contributed by atoms with Crippen molar-refractivity contribution in [3.8, 4) is 5.75 Å². The summed E-state index contributed by atoms with van der Waals surface area (Å²) in [5.74, 6) is -0.524. The third-order valence-corrected chi connectivity index (χ3v) is 5.42. The van der Waals surface area contributed by atoms with Crippen molar-refractivity contribution < 1.29 is 24.2 Å². The predicted molar refractivity (Wildman–Crippen MR) is 101 cm³/mol. The Bertz CT molecular complexity index is 934. The number of benzene rings is 2. The van der Waals surface area contributed by atoms with Gasteiger partial charge in [0.1, 0.15) is 5.75 Å². The lowest BCUT2D eigenvalue weighted by molar-refractivity contribution is -0.255. The number of ether oxygens (including phenoxy) is 2. The van der Waals surface area contributed by atoms with E-state index in [1.807, 2.05) is 30.3 Å². The van der Waals surface area contributed by atoms with Gasteiger partial charge in [0.2, 0.25) is 0 Å². The lowest BCUT2D eigenvalue weighted by Gasteiger charge is -2.38. The van der Waals surface area contributed by atoms with Gasteiger partial charge in [-0.1, -0.05) is 30.4 Å². The molecule has 6 nitrogen and oxygen atoms in total. The van der Waals surface area contributed by atoms with Gasteiger partial charge in [-0.25, -0.2) is 4.79 Å². The minimum Gasteiger partial charge on any atom is -0.545 e. The normalized spacial score (nSPS) is 22.0. The molecule has 0 saturated heterocycles. The molecule has 0 fully saturated rings. The second-order valence-corrected chi connectivity index (χ2v) is 7.00. The van der Waals surface area contributed by atoms with Crippen molar-refractivity contribution in [3.63, 3.8) is 0 Å². The van der Waals surface area contributed by atoms with Crippen LogP contribution in [0.25, 0.3) is 0 Å². The van der Waals surface area contributed by atoms with E-state index in [1.165, 1.54) is 7.11 Å². The second-order valence-electron chi connectivity index (χ2n) is 7.00. The molecule has 0 spiro atoms. The van der Waals surface area contributed by atoms with Crippen LogP contribution in [0.5, 0.6) is 5.75 Å². The molecule has 0 saturated carbocycles. The van der Waals surface area contributed by atoms with Gasteiger partial charge in [0.05, 0.1) is 19.1 Å². The number of nitrogens with one attached hydrogen (secondary N) is 1. The number of anilines is 1. The van der Waals surface area contributed by atoms with E-state index in [0.717, 1.165) is 23.2 Å². The zero-order chi connectivity index (χ0) is 19.7. The van der Waals surface area contributed by atoms with E-state index >= 15 is 0 Å². The summed E-state index contributed by atoms with van der Waals surface area (Å²) in [4.78, 5) is 22.4. The molecule has 2 aliphatic rings. The first-order chi connectivity index (χ1) is 13.6. The number of rotatable bonds is 5. The Balaban J connectivity index is 1.58. The van der Waals surface area contributed by atoms with E-state index in [-0.39, 0.29) is 24.1 Å². The van der Waals surface area contributed by atoms with E-state index < -0.39 is 11.9 Å². The first-order valence-corrected chi connectivity index (χ1v) is 9.15. The van der Waals surface area contributed by atoms with E-state index in [4.69, 9.17) is 4.74 Å². The number of aromatic carboxylic acids is 1. The van der Waals surface area contributed by atoms with Crippen molar-refractivity contribution in [1.29, 1.82) is 0 Å². The highest BCUT2D eigenvalue weighted by Crippen LogP contribution is 2.50. The summed E-state index contributed by atoms with van der Waals surface area (Å²) in [5, 5.41) is 14.8. The molecule has 28 heavy (non-hydrogen) atoms. The molecule has 3 atom stereocenters. The first-order valence-electron chi connectivity index (χ1n) is 9.15. The van der Waals surface area contributed by atoms with Crippen LogP contribution in [-0.2, 0) is 9.53 Å². The summed E-state index contributed by atoms with van der Waals surface area (Å²) >= 11 is 0. The zero-order valence-electron chi connectivity index (χ0n) is 15.4. The van der Waals surface area contributed by atoms with Gasteiger partial charge in [-0.3, -0.25) is 0 Å². The van der Waals surface area contributed by atoms with E-state index in [9.17, 15) is 14.7 Å². The van der Waals surface area contributed by atoms with E-state index in [1.54, 1.807) is 12.1 Å². The summed E-state index contributed by atoms with van der Waals surface area (Å²) in [5.41, 5.74) is 3.24. The van der Waals surface area contributed by atoms with Gasteiger partial charge in [-0.2, -0.15) is 0 Å². The molecular weight excluding hydrogens is 358 g/mol. The van der Waals surface area contributed by atoms with Crippen LogP contribution in [0.15, 0.2) is 54.6 Å². The third-order valence-electron chi connectivity index (χ3n) is 5.42. The van der Waals surface area contributed by atoms with Gasteiger partial charge in [0.25, 0.3) is 0 Å². The van der Waals surface area contributed by atoms with Crippen LogP contribution in [0.3, 0.4) is 0 Å². The van der Waals surface area contributed by atoms with Crippen LogP contribution >= 0.6 is 0 Å². The number of hydrogen-bond acceptors (Lipinski definition) is 6. The number of fused-ring (bicyclic) bond motifs is 3. The first kappa shape index (κ1) is 18.1. The molecule has 1 heterocycles. The lowest BCUT2D eigenvalue weighted by Crippen LogP contribution is -2.30. The molecule has 1 aliphatic carbocycles. The van der Waals surface area contributed by atoms with Crippen LogP contribution < -0.4 is 15.2 Å². The Morgan fingerprint density at radius 2 is 1.96 bits per heavy atom. The van der Waals surface area contributed by atoms with Crippen molar-refractivity contribution in [2.24, 2.45) is 5.92 Å².